The summed E-state index contributed by atoms with van der Waals surface area (Å²) >= 11 is 0. The van der Waals surface area contributed by atoms with Gasteiger partial charge in [-0.1, -0.05) is 0 Å². The SMILES string of the molecule is N#Cc1ccc(N2CCCC(NC(=O)c3n[nH]c(=O)[nH]3)C2)c(F)c1. The lowest BCUT2D eigenvalue weighted by Gasteiger charge is -2.34. The Morgan fingerprint density at radius 2 is 2.33 bits per heavy atom. The molecule has 1 saturated heterocycles. The van der Waals surface area contributed by atoms with E-state index >= 15 is 0 Å². The van der Waals surface area contributed by atoms with E-state index in [1.165, 1.54) is 6.07 Å². The topological polar surface area (TPSA) is 118 Å². The number of nitrogens with one attached hydrogen (secondary N) is 3. The van der Waals surface area contributed by atoms with E-state index in [1.54, 1.807) is 12.1 Å². The van der Waals surface area contributed by atoms with Gasteiger partial charge >= 0.3 is 5.69 Å². The number of rotatable bonds is 3. The second-order valence-corrected chi connectivity index (χ2v) is 5.56. The molecule has 1 unspecified atom stereocenters. The van der Waals surface area contributed by atoms with Gasteiger partial charge in [0.25, 0.3) is 5.91 Å². The number of H-pyrrole nitrogens is 2. The van der Waals surface area contributed by atoms with Crippen molar-refractivity contribution in [1.82, 2.24) is 20.5 Å². The molecule has 1 aromatic carbocycles. The third-order valence-corrected chi connectivity index (χ3v) is 3.89. The summed E-state index contributed by atoms with van der Waals surface area (Å²) in [5.41, 5.74) is 0.117. The van der Waals surface area contributed by atoms with Crippen LogP contribution in [0.3, 0.4) is 0 Å². The van der Waals surface area contributed by atoms with E-state index in [4.69, 9.17) is 5.26 Å². The Balaban J connectivity index is 1.69. The van der Waals surface area contributed by atoms with Gasteiger partial charge in [0.1, 0.15) is 5.82 Å². The highest BCUT2D eigenvalue weighted by molar-refractivity contribution is 5.90. The number of carbonyl (C=O) groups is 1. The van der Waals surface area contributed by atoms with Gasteiger partial charge in [0, 0.05) is 19.1 Å². The van der Waals surface area contributed by atoms with Gasteiger partial charge in [-0.3, -0.25) is 9.78 Å². The lowest BCUT2D eigenvalue weighted by atomic mass is 10.0. The van der Waals surface area contributed by atoms with E-state index in [9.17, 15) is 14.0 Å². The summed E-state index contributed by atoms with van der Waals surface area (Å²) in [4.78, 5) is 27.1. The van der Waals surface area contributed by atoms with Crippen LogP contribution >= 0.6 is 0 Å². The lowest BCUT2D eigenvalue weighted by molar-refractivity contribution is 0.0923. The van der Waals surface area contributed by atoms with Gasteiger partial charge in [-0.2, -0.15) is 5.26 Å². The molecule has 8 nitrogen and oxygen atoms in total. The molecule has 1 aliphatic rings. The highest BCUT2D eigenvalue weighted by Crippen LogP contribution is 2.24. The van der Waals surface area contributed by atoms with Gasteiger partial charge in [0.05, 0.1) is 17.3 Å². The van der Waals surface area contributed by atoms with Gasteiger partial charge in [-0.05, 0) is 31.0 Å². The van der Waals surface area contributed by atoms with Crippen LogP contribution in [0.15, 0.2) is 23.0 Å². The maximum absolute atomic E-state index is 14.1. The smallest absolute Gasteiger partial charge is 0.341 e. The zero-order chi connectivity index (χ0) is 17.1. The molecular formula is C15H15FN6O2. The van der Waals surface area contributed by atoms with Crippen LogP contribution in [0.5, 0.6) is 0 Å². The largest absolute Gasteiger partial charge is 0.367 e. The number of halogens is 1. The number of anilines is 1. The van der Waals surface area contributed by atoms with Crippen molar-refractivity contribution in [2.45, 2.75) is 18.9 Å². The van der Waals surface area contributed by atoms with Crippen LogP contribution in [-0.2, 0) is 0 Å². The van der Waals surface area contributed by atoms with Crippen molar-refractivity contribution in [3.63, 3.8) is 0 Å². The number of hydrogen-bond acceptors (Lipinski definition) is 5. The summed E-state index contributed by atoms with van der Waals surface area (Å²) in [6, 6.07) is 6.04. The summed E-state index contributed by atoms with van der Waals surface area (Å²) in [6.45, 7) is 1.09. The first-order chi connectivity index (χ1) is 11.6. The van der Waals surface area contributed by atoms with Gasteiger partial charge in [-0.25, -0.2) is 14.3 Å². The molecule has 0 spiro atoms. The minimum atomic E-state index is -0.551. The molecule has 9 heteroatoms. The predicted molar refractivity (Wildman–Crippen MR) is 83.0 cm³/mol. The quantitative estimate of drug-likeness (QED) is 0.758. The van der Waals surface area contributed by atoms with Crippen LogP contribution in [0.1, 0.15) is 29.0 Å². The summed E-state index contributed by atoms with van der Waals surface area (Å²) in [7, 11) is 0. The molecule has 2 heterocycles. The first-order valence-electron chi connectivity index (χ1n) is 7.47. The zero-order valence-electron chi connectivity index (χ0n) is 12.7. The average Bonchev–Trinajstić information content (AvgIpc) is 3.01. The Bertz CT molecular complexity index is 852. The van der Waals surface area contributed by atoms with E-state index in [0.29, 0.717) is 18.8 Å². The van der Waals surface area contributed by atoms with E-state index in [0.717, 1.165) is 12.8 Å². The van der Waals surface area contributed by atoms with Crippen molar-refractivity contribution in [1.29, 1.82) is 5.26 Å². The molecule has 1 atom stereocenters. The van der Waals surface area contributed by atoms with Crippen LogP contribution in [0.2, 0.25) is 0 Å². The van der Waals surface area contributed by atoms with Crippen LogP contribution in [0, 0.1) is 17.1 Å². The Morgan fingerprint density at radius 1 is 1.50 bits per heavy atom. The van der Waals surface area contributed by atoms with Crippen molar-refractivity contribution in [3.8, 4) is 6.07 Å². The highest BCUT2D eigenvalue weighted by Gasteiger charge is 2.24. The van der Waals surface area contributed by atoms with Crippen LogP contribution < -0.4 is 15.9 Å². The number of aromatic nitrogens is 3. The normalized spacial score (nSPS) is 17.3. The maximum atomic E-state index is 14.1. The molecule has 1 fully saturated rings. The Kier molecular flexibility index (Phi) is 4.29. The summed E-state index contributed by atoms with van der Waals surface area (Å²) < 4.78 is 14.1. The molecule has 2 aromatic rings. The maximum Gasteiger partial charge on any atom is 0.341 e. The van der Waals surface area contributed by atoms with Crippen LogP contribution in [-0.4, -0.2) is 40.2 Å². The van der Waals surface area contributed by atoms with Crippen molar-refractivity contribution in [2.75, 3.05) is 18.0 Å². The number of nitrogens with zero attached hydrogens (tertiary/aromatic N) is 3. The fourth-order valence-electron chi connectivity index (χ4n) is 2.78. The number of amides is 1. The molecule has 1 amide bonds. The third kappa shape index (κ3) is 3.27. The molecule has 1 aliphatic heterocycles. The fourth-order valence-corrected chi connectivity index (χ4v) is 2.78. The Hall–Kier alpha value is -3.15. The molecule has 0 aliphatic carbocycles. The van der Waals surface area contributed by atoms with Crippen LogP contribution in [0.4, 0.5) is 10.1 Å². The average molecular weight is 330 g/mol. The van der Waals surface area contributed by atoms with Crippen molar-refractivity contribution in [3.05, 3.63) is 45.9 Å². The van der Waals surface area contributed by atoms with Gasteiger partial charge in [0.2, 0.25) is 5.82 Å². The molecule has 0 bridgehead atoms. The Labute approximate surface area is 136 Å². The van der Waals surface area contributed by atoms with E-state index in [1.807, 2.05) is 11.0 Å². The second kappa shape index (κ2) is 6.54. The lowest BCUT2D eigenvalue weighted by Crippen LogP contribution is -2.48. The molecule has 1 aromatic heterocycles. The Morgan fingerprint density at radius 3 is 3.00 bits per heavy atom. The first kappa shape index (κ1) is 15.7. The minimum absolute atomic E-state index is 0.0818. The number of hydrogen-bond donors (Lipinski definition) is 3. The van der Waals surface area contributed by atoms with Gasteiger partial charge in [0.15, 0.2) is 0 Å². The van der Waals surface area contributed by atoms with E-state index in [2.05, 4.69) is 20.5 Å². The molecule has 3 N–H and O–H groups in total. The van der Waals surface area contributed by atoms with Crippen molar-refractivity contribution < 1.29 is 9.18 Å². The monoisotopic (exact) mass is 330 g/mol. The number of nitriles is 1. The molecular weight excluding hydrogens is 315 g/mol. The first-order valence-corrected chi connectivity index (χ1v) is 7.47. The molecule has 0 saturated carbocycles. The number of aromatic amines is 2. The van der Waals surface area contributed by atoms with E-state index in [-0.39, 0.29) is 17.4 Å². The summed E-state index contributed by atoms with van der Waals surface area (Å²) in [5, 5.41) is 17.3. The van der Waals surface area contributed by atoms with Crippen molar-refractivity contribution in [2.24, 2.45) is 0 Å². The fraction of sp³-hybridized carbons (Fsp3) is 0.333. The van der Waals surface area contributed by atoms with Crippen molar-refractivity contribution >= 4 is 11.6 Å². The number of carbonyl (C=O) groups excluding carboxylic acids is 1. The van der Waals surface area contributed by atoms with E-state index < -0.39 is 17.4 Å². The van der Waals surface area contributed by atoms with Gasteiger partial charge < -0.3 is 10.2 Å². The standard InChI is InChI=1S/C15H15FN6O2/c16-11-6-9(7-17)3-4-12(11)22-5-1-2-10(8-22)18-14(23)13-19-15(24)21-20-13/h3-4,6,10H,1-2,5,8H2,(H,18,23)(H2,19,20,21,24). The second-order valence-electron chi connectivity index (χ2n) is 5.56. The summed E-state index contributed by atoms with van der Waals surface area (Å²) in [6.07, 6.45) is 1.52. The molecule has 124 valence electrons. The minimum Gasteiger partial charge on any atom is -0.367 e. The summed E-state index contributed by atoms with van der Waals surface area (Å²) in [5.74, 6) is -1.03. The number of benzene rings is 1. The zero-order valence-corrected chi connectivity index (χ0v) is 12.7. The van der Waals surface area contributed by atoms with Crippen LogP contribution in [0.25, 0.3) is 0 Å². The predicted octanol–water partition coefficient (Wildman–Crippen LogP) is 0.508. The molecule has 0 radical (unpaired) electrons. The molecule has 3 rings (SSSR count). The third-order valence-electron chi connectivity index (χ3n) is 3.89. The highest BCUT2D eigenvalue weighted by atomic mass is 19.1. The molecule has 24 heavy (non-hydrogen) atoms. The number of piperidine rings is 1. The van der Waals surface area contributed by atoms with Gasteiger partial charge in [-0.15, -0.1) is 5.10 Å².